The van der Waals surface area contributed by atoms with Crippen LogP contribution in [0.25, 0.3) is 0 Å². The van der Waals surface area contributed by atoms with Gasteiger partial charge in [0.1, 0.15) is 0 Å². The molecule has 0 aromatic rings. The van der Waals surface area contributed by atoms with Crippen LogP contribution in [0.2, 0.25) is 0 Å². The fourth-order valence-electron chi connectivity index (χ4n) is 2.39. The molecule has 0 unspecified atom stereocenters. The van der Waals surface area contributed by atoms with Crippen LogP contribution in [0, 0.1) is 0 Å². The first-order chi connectivity index (χ1) is 11.2. The van der Waals surface area contributed by atoms with Crippen molar-refractivity contribution in [2.75, 3.05) is 46.0 Å². The number of piperazine rings is 1. The van der Waals surface area contributed by atoms with Crippen molar-refractivity contribution in [2.45, 2.75) is 33.0 Å². The molecule has 0 aromatic heterocycles. The summed E-state index contributed by atoms with van der Waals surface area (Å²) in [6, 6.07) is 0. The van der Waals surface area contributed by atoms with Crippen molar-refractivity contribution in [3.63, 3.8) is 0 Å². The van der Waals surface area contributed by atoms with Gasteiger partial charge in [0, 0.05) is 26.2 Å². The van der Waals surface area contributed by atoms with Crippen LogP contribution in [0.15, 0.2) is 0 Å². The van der Waals surface area contributed by atoms with Crippen molar-refractivity contribution in [1.29, 1.82) is 0 Å². The standard InChI is InChI=1S/C14H28N3O6P/c1-5-21-13(19)17-10-8-16(9-11-17)12(18)14(4,15)24(20,22-6-2)23-7-3/h5-11,15H2,1-4H3/t14-/m0/s1. The fourth-order valence-corrected chi connectivity index (χ4v) is 4.06. The van der Waals surface area contributed by atoms with E-state index in [9.17, 15) is 14.2 Å². The number of ether oxygens (including phenoxy) is 1. The molecule has 1 heterocycles. The highest BCUT2D eigenvalue weighted by atomic mass is 31.2. The summed E-state index contributed by atoms with van der Waals surface area (Å²) in [5.74, 6) is -0.517. The van der Waals surface area contributed by atoms with E-state index >= 15 is 0 Å². The maximum absolute atomic E-state index is 12.9. The number of nitrogens with zero attached hydrogens (tertiary/aromatic N) is 2. The van der Waals surface area contributed by atoms with Gasteiger partial charge in [-0.25, -0.2) is 4.79 Å². The van der Waals surface area contributed by atoms with E-state index in [0.29, 0.717) is 19.7 Å². The molecule has 140 valence electrons. The Balaban J connectivity index is 2.79. The quantitative estimate of drug-likeness (QED) is 0.675. The minimum Gasteiger partial charge on any atom is -0.450 e. The lowest BCUT2D eigenvalue weighted by atomic mass is 10.2. The number of carbonyl (C=O) groups excluding carboxylic acids is 2. The maximum atomic E-state index is 12.9. The summed E-state index contributed by atoms with van der Waals surface area (Å²) in [5.41, 5.74) is 6.07. The largest absolute Gasteiger partial charge is 0.450 e. The number of hydrogen-bond acceptors (Lipinski definition) is 7. The predicted octanol–water partition coefficient (Wildman–Crippen LogP) is 1.23. The summed E-state index contributed by atoms with van der Waals surface area (Å²) >= 11 is 0. The molecule has 2 N–H and O–H groups in total. The van der Waals surface area contributed by atoms with Gasteiger partial charge in [0.25, 0.3) is 5.91 Å². The molecule has 0 aromatic carbocycles. The lowest BCUT2D eigenvalue weighted by molar-refractivity contribution is -0.135. The molecule has 1 aliphatic rings. The minimum atomic E-state index is -3.81. The van der Waals surface area contributed by atoms with Crippen molar-refractivity contribution < 1.29 is 27.9 Å². The molecule has 2 amide bonds. The average molecular weight is 365 g/mol. The molecule has 0 bridgehead atoms. The molecule has 1 rings (SSSR count). The highest BCUT2D eigenvalue weighted by molar-refractivity contribution is 7.56. The molecule has 1 saturated heterocycles. The zero-order valence-electron chi connectivity index (χ0n) is 14.8. The summed E-state index contributed by atoms with van der Waals surface area (Å²) < 4.78 is 28.2. The van der Waals surface area contributed by atoms with Gasteiger partial charge in [-0.15, -0.1) is 0 Å². The summed E-state index contributed by atoms with van der Waals surface area (Å²) in [5, 5.41) is -1.79. The molecular formula is C14H28N3O6P. The van der Waals surface area contributed by atoms with Crippen LogP contribution in [0.4, 0.5) is 4.79 Å². The molecule has 0 spiro atoms. The Morgan fingerprint density at radius 3 is 1.88 bits per heavy atom. The van der Waals surface area contributed by atoms with Crippen molar-refractivity contribution >= 4 is 19.6 Å². The summed E-state index contributed by atoms with van der Waals surface area (Å²) in [7, 11) is -3.81. The first-order valence-electron chi connectivity index (χ1n) is 8.12. The molecule has 1 atom stereocenters. The van der Waals surface area contributed by atoms with Crippen LogP contribution in [-0.2, 0) is 23.1 Å². The van der Waals surface area contributed by atoms with E-state index in [0.717, 1.165) is 0 Å². The van der Waals surface area contributed by atoms with E-state index in [1.165, 1.54) is 16.7 Å². The van der Waals surface area contributed by atoms with Crippen LogP contribution in [0.1, 0.15) is 27.7 Å². The highest BCUT2D eigenvalue weighted by Gasteiger charge is 2.52. The van der Waals surface area contributed by atoms with E-state index < -0.39 is 24.9 Å². The van der Waals surface area contributed by atoms with Crippen LogP contribution >= 0.6 is 7.60 Å². The van der Waals surface area contributed by atoms with Crippen LogP contribution < -0.4 is 5.73 Å². The van der Waals surface area contributed by atoms with Crippen LogP contribution in [0.5, 0.6) is 0 Å². The Morgan fingerprint density at radius 2 is 1.46 bits per heavy atom. The van der Waals surface area contributed by atoms with Crippen molar-refractivity contribution in [2.24, 2.45) is 5.73 Å². The maximum Gasteiger partial charge on any atom is 0.409 e. The number of hydrogen-bond donors (Lipinski definition) is 1. The predicted molar refractivity (Wildman–Crippen MR) is 88.6 cm³/mol. The summed E-state index contributed by atoms with van der Waals surface area (Å²) in [6.45, 7) is 8.16. The summed E-state index contributed by atoms with van der Waals surface area (Å²) in [6.07, 6.45) is -0.408. The van der Waals surface area contributed by atoms with Crippen molar-refractivity contribution in [3.8, 4) is 0 Å². The Hall–Kier alpha value is -1.15. The molecule has 1 aliphatic heterocycles. The molecule has 0 radical (unpaired) electrons. The lowest BCUT2D eigenvalue weighted by Gasteiger charge is -2.39. The fraction of sp³-hybridized carbons (Fsp3) is 0.857. The Morgan fingerprint density at radius 1 is 1.00 bits per heavy atom. The number of rotatable bonds is 7. The van der Waals surface area contributed by atoms with Gasteiger partial charge in [0.2, 0.25) is 0 Å². The van der Waals surface area contributed by atoms with Gasteiger partial charge in [-0.2, -0.15) is 0 Å². The molecule has 9 nitrogen and oxygen atoms in total. The normalized spacial score (nSPS) is 18.2. The first kappa shape index (κ1) is 20.9. The van der Waals surface area contributed by atoms with Gasteiger partial charge < -0.3 is 29.3 Å². The van der Waals surface area contributed by atoms with Crippen LogP contribution in [-0.4, -0.2) is 73.1 Å². The smallest absolute Gasteiger partial charge is 0.409 e. The molecule has 0 saturated carbocycles. The first-order valence-corrected chi connectivity index (χ1v) is 9.66. The van der Waals surface area contributed by atoms with Gasteiger partial charge in [-0.3, -0.25) is 9.36 Å². The number of carbonyl (C=O) groups is 2. The second-order valence-corrected chi connectivity index (χ2v) is 7.90. The van der Waals surface area contributed by atoms with Crippen molar-refractivity contribution in [3.05, 3.63) is 0 Å². The van der Waals surface area contributed by atoms with Crippen LogP contribution in [0.3, 0.4) is 0 Å². The molecule has 10 heteroatoms. The Kier molecular flexibility index (Phi) is 7.66. The van der Waals surface area contributed by atoms with Gasteiger partial charge in [0.15, 0.2) is 5.28 Å². The van der Waals surface area contributed by atoms with E-state index in [1.807, 2.05) is 0 Å². The minimum absolute atomic E-state index is 0.119. The average Bonchev–Trinajstić information content (AvgIpc) is 2.54. The highest BCUT2D eigenvalue weighted by Crippen LogP contribution is 2.57. The van der Waals surface area contributed by atoms with Gasteiger partial charge in [-0.1, -0.05) is 0 Å². The van der Waals surface area contributed by atoms with Gasteiger partial charge in [0.05, 0.1) is 19.8 Å². The molecule has 1 fully saturated rings. The van der Waals surface area contributed by atoms with E-state index in [1.54, 1.807) is 20.8 Å². The topological polar surface area (TPSA) is 111 Å². The number of amides is 2. The zero-order chi connectivity index (χ0) is 18.4. The third-order valence-corrected chi connectivity index (χ3v) is 6.22. The monoisotopic (exact) mass is 365 g/mol. The van der Waals surface area contributed by atoms with Gasteiger partial charge >= 0.3 is 13.7 Å². The summed E-state index contributed by atoms with van der Waals surface area (Å²) in [4.78, 5) is 27.4. The Bertz CT molecular complexity index is 481. The van der Waals surface area contributed by atoms with E-state index in [2.05, 4.69) is 0 Å². The SMILES string of the molecule is CCOC(=O)N1CCN(C(=O)[C@@](C)(N)P(=O)(OCC)OCC)CC1. The van der Waals surface area contributed by atoms with Crippen molar-refractivity contribution in [1.82, 2.24) is 9.80 Å². The molecular weight excluding hydrogens is 337 g/mol. The third kappa shape index (κ3) is 4.47. The number of nitrogens with two attached hydrogens (primary N) is 1. The van der Waals surface area contributed by atoms with E-state index in [-0.39, 0.29) is 26.3 Å². The second kappa shape index (κ2) is 8.80. The molecule has 24 heavy (non-hydrogen) atoms. The molecule has 0 aliphatic carbocycles. The van der Waals surface area contributed by atoms with Gasteiger partial charge in [-0.05, 0) is 27.7 Å². The second-order valence-electron chi connectivity index (χ2n) is 5.46. The third-order valence-electron chi connectivity index (χ3n) is 3.69. The lowest BCUT2D eigenvalue weighted by Crippen LogP contribution is -2.59. The zero-order valence-corrected chi connectivity index (χ0v) is 15.7. The Labute approximate surface area is 142 Å². The van der Waals surface area contributed by atoms with E-state index in [4.69, 9.17) is 19.5 Å².